The number of hydrogen-bond acceptors (Lipinski definition) is 4. The molecule has 2 fully saturated rings. The number of rotatable bonds is 3. The van der Waals surface area contributed by atoms with E-state index in [0.717, 1.165) is 31.5 Å². The van der Waals surface area contributed by atoms with E-state index in [9.17, 15) is 14.0 Å². The van der Waals surface area contributed by atoms with Gasteiger partial charge in [-0.2, -0.15) is 0 Å². The monoisotopic (exact) mass is 443 g/mol. The predicted octanol–water partition coefficient (Wildman–Crippen LogP) is 4.22. The molecule has 8 heteroatoms. The molecule has 30 heavy (non-hydrogen) atoms. The van der Waals surface area contributed by atoms with E-state index < -0.39 is 11.8 Å². The van der Waals surface area contributed by atoms with E-state index in [0.29, 0.717) is 22.0 Å². The van der Waals surface area contributed by atoms with Crippen molar-refractivity contribution < 1.29 is 14.0 Å². The van der Waals surface area contributed by atoms with Gasteiger partial charge in [0, 0.05) is 18.1 Å². The second kappa shape index (κ2) is 8.16. The zero-order valence-electron chi connectivity index (χ0n) is 16.2. The Kier molecular flexibility index (Phi) is 5.58. The topological polar surface area (TPSA) is 52.7 Å². The predicted molar refractivity (Wildman–Crippen MR) is 120 cm³/mol. The van der Waals surface area contributed by atoms with Gasteiger partial charge in [0.1, 0.15) is 11.4 Å². The quantitative estimate of drug-likeness (QED) is 0.438. The lowest BCUT2D eigenvalue weighted by molar-refractivity contribution is -0.122. The maximum Gasteiger partial charge on any atom is 0.270 e. The summed E-state index contributed by atoms with van der Waals surface area (Å²) in [4.78, 5) is 28.8. The molecule has 2 heterocycles. The van der Waals surface area contributed by atoms with Gasteiger partial charge in [0.25, 0.3) is 11.8 Å². The molecule has 0 unspecified atom stereocenters. The molecule has 4 rings (SSSR count). The SMILES string of the molecule is Cc1cc(N2CCCC2)c(F)cc1C=C1C(=O)NC(=S)N(c2cccc(Cl)c2)C1=O. The number of thiocarbonyl (C=S) groups is 1. The average molecular weight is 444 g/mol. The maximum atomic E-state index is 14.8. The first-order valence-electron chi connectivity index (χ1n) is 9.57. The molecule has 0 saturated carbocycles. The standard InChI is InChI=1S/C22H19ClFN3O2S/c1-13-9-19(26-7-2-3-8-26)18(24)11-14(13)10-17-20(28)25-22(30)27(21(17)29)16-6-4-5-15(23)12-16/h4-6,9-12H,2-3,7-8H2,1H3,(H,25,28,30). The number of aryl methyl sites for hydroxylation is 1. The highest BCUT2D eigenvalue weighted by molar-refractivity contribution is 7.80. The molecule has 154 valence electrons. The number of carbonyl (C=O) groups excluding carboxylic acids is 2. The smallest absolute Gasteiger partial charge is 0.270 e. The maximum absolute atomic E-state index is 14.8. The number of anilines is 2. The van der Waals surface area contributed by atoms with E-state index in [-0.39, 0.29) is 16.5 Å². The molecular formula is C22H19ClFN3O2S. The minimum absolute atomic E-state index is 0.0308. The summed E-state index contributed by atoms with van der Waals surface area (Å²) in [6.07, 6.45) is 3.49. The van der Waals surface area contributed by atoms with Gasteiger partial charge >= 0.3 is 0 Å². The molecule has 5 nitrogen and oxygen atoms in total. The molecule has 2 amide bonds. The van der Waals surface area contributed by atoms with Crippen LogP contribution in [0.15, 0.2) is 42.0 Å². The molecule has 0 aliphatic carbocycles. The van der Waals surface area contributed by atoms with Crippen molar-refractivity contribution in [2.24, 2.45) is 0 Å². The first-order valence-corrected chi connectivity index (χ1v) is 10.4. The van der Waals surface area contributed by atoms with Crippen LogP contribution in [0.3, 0.4) is 0 Å². The van der Waals surface area contributed by atoms with E-state index >= 15 is 0 Å². The average Bonchev–Trinajstić information content (AvgIpc) is 3.22. The highest BCUT2D eigenvalue weighted by Gasteiger charge is 2.34. The van der Waals surface area contributed by atoms with Gasteiger partial charge in [0.2, 0.25) is 0 Å². The highest BCUT2D eigenvalue weighted by Crippen LogP contribution is 2.29. The third-order valence-corrected chi connectivity index (χ3v) is 5.77. The molecule has 0 spiro atoms. The summed E-state index contributed by atoms with van der Waals surface area (Å²) >= 11 is 11.2. The minimum atomic E-state index is -0.619. The van der Waals surface area contributed by atoms with Gasteiger partial charge in [-0.3, -0.25) is 19.8 Å². The summed E-state index contributed by atoms with van der Waals surface area (Å²) in [7, 11) is 0. The Hall–Kier alpha value is -2.77. The Bertz CT molecular complexity index is 1100. The molecule has 2 aliphatic heterocycles. The normalized spacial score (nSPS) is 18.4. The van der Waals surface area contributed by atoms with Crippen LogP contribution >= 0.6 is 23.8 Å². The van der Waals surface area contributed by atoms with Crippen molar-refractivity contribution in [1.82, 2.24) is 5.32 Å². The second-order valence-corrected chi connectivity index (χ2v) is 8.12. The number of nitrogens with zero attached hydrogens (tertiary/aromatic N) is 2. The summed E-state index contributed by atoms with van der Waals surface area (Å²) in [6.45, 7) is 3.48. The fourth-order valence-electron chi connectivity index (χ4n) is 3.70. The highest BCUT2D eigenvalue weighted by atomic mass is 35.5. The Morgan fingerprint density at radius 3 is 2.60 bits per heavy atom. The van der Waals surface area contributed by atoms with Crippen LogP contribution in [0.4, 0.5) is 15.8 Å². The van der Waals surface area contributed by atoms with Crippen molar-refractivity contribution in [3.63, 3.8) is 0 Å². The van der Waals surface area contributed by atoms with Gasteiger partial charge in [0.05, 0.1) is 11.4 Å². The number of carbonyl (C=O) groups is 2. The molecule has 1 N–H and O–H groups in total. The fourth-order valence-corrected chi connectivity index (χ4v) is 4.17. The summed E-state index contributed by atoms with van der Waals surface area (Å²) < 4.78 is 14.8. The molecule has 0 aromatic heterocycles. The number of halogens is 2. The zero-order valence-corrected chi connectivity index (χ0v) is 17.8. The zero-order chi connectivity index (χ0) is 21.4. The van der Waals surface area contributed by atoms with Crippen LogP contribution in [0, 0.1) is 12.7 Å². The lowest BCUT2D eigenvalue weighted by atomic mass is 10.0. The van der Waals surface area contributed by atoms with Crippen LogP contribution < -0.4 is 15.1 Å². The van der Waals surface area contributed by atoms with Crippen LogP contribution in [0.25, 0.3) is 6.08 Å². The van der Waals surface area contributed by atoms with Crippen molar-refractivity contribution in [1.29, 1.82) is 0 Å². The molecule has 0 radical (unpaired) electrons. The first-order chi connectivity index (χ1) is 14.3. The Balaban J connectivity index is 1.71. The number of hydrogen-bond donors (Lipinski definition) is 1. The Morgan fingerprint density at radius 2 is 1.90 bits per heavy atom. The number of benzene rings is 2. The lowest BCUT2D eigenvalue weighted by Crippen LogP contribution is -2.54. The van der Waals surface area contributed by atoms with E-state index in [2.05, 4.69) is 5.32 Å². The van der Waals surface area contributed by atoms with E-state index in [1.807, 2.05) is 11.8 Å². The van der Waals surface area contributed by atoms with Crippen molar-refractivity contribution in [2.75, 3.05) is 22.9 Å². The van der Waals surface area contributed by atoms with Crippen molar-refractivity contribution in [3.05, 3.63) is 63.9 Å². The van der Waals surface area contributed by atoms with E-state index in [1.165, 1.54) is 17.0 Å². The molecule has 2 aliphatic rings. The molecule has 2 saturated heterocycles. The van der Waals surface area contributed by atoms with E-state index in [4.69, 9.17) is 23.8 Å². The molecular weight excluding hydrogens is 425 g/mol. The van der Waals surface area contributed by atoms with Gasteiger partial charge in [-0.05, 0) is 79.5 Å². The van der Waals surface area contributed by atoms with Gasteiger partial charge in [0.15, 0.2) is 5.11 Å². The summed E-state index contributed by atoms with van der Waals surface area (Å²) in [5.41, 5.74) is 2.10. The fraction of sp³-hybridized carbons (Fsp3) is 0.227. The molecule has 0 atom stereocenters. The van der Waals surface area contributed by atoms with Crippen LogP contribution in [0.5, 0.6) is 0 Å². The number of nitrogens with one attached hydrogen (secondary N) is 1. The summed E-state index contributed by atoms with van der Waals surface area (Å²) in [5.74, 6) is -1.58. The van der Waals surface area contributed by atoms with Crippen LogP contribution in [0.2, 0.25) is 5.02 Å². The van der Waals surface area contributed by atoms with Gasteiger partial charge < -0.3 is 4.90 Å². The third kappa shape index (κ3) is 3.82. The van der Waals surface area contributed by atoms with Crippen LogP contribution in [-0.2, 0) is 9.59 Å². The lowest BCUT2D eigenvalue weighted by Gasteiger charge is -2.29. The largest absolute Gasteiger partial charge is 0.369 e. The third-order valence-electron chi connectivity index (χ3n) is 5.25. The van der Waals surface area contributed by atoms with Gasteiger partial charge in [-0.15, -0.1) is 0 Å². The number of amides is 2. The minimum Gasteiger partial charge on any atom is -0.369 e. The van der Waals surface area contributed by atoms with Gasteiger partial charge in [-0.25, -0.2) is 4.39 Å². The first kappa shape index (κ1) is 20.5. The van der Waals surface area contributed by atoms with E-state index in [1.54, 1.807) is 30.3 Å². The van der Waals surface area contributed by atoms with Crippen molar-refractivity contribution in [3.8, 4) is 0 Å². The van der Waals surface area contributed by atoms with Gasteiger partial charge in [-0.1, -0.05) is 17.7 Å². The van der Waals surface area contributed by atoms with Crippen molar-refractivity contribution >= 4 is 58.2 Å². The molecule has 2 aromatic carbocycles. The van der Waals surface area contributed by atoms with Crippen LogP contribution in [0.1, 0.15) is 24.0 Å². The molecule has 2 aromatic rings. The summed E-state index contributed by atoms with van der Waals surface area (Å²) in [6, 6.07) is 9.73. The van der Waals surface area contributed by atoms with Crippen molar-refractivity contribution in [2.45, 2.75) is 19.8 Å². The Morgan fingerprint density at radius 1 is 1.17 bits per heavy atom. The molecule has 0 bridgehead atoms. The summed E-state index contributed by atoms with van der Waals surface area (Å²) in [5, 5.41) is 2.92. The van der Waals surface area contributed by atoms with Crippen LogP contribution in [-0.4, -0.2) is 30.0 Å². The second-order valence-electron chi connectivity index (χ2n) is 7.29. The Labute approximate surface area is 184 Å².